The molecule has 96 valence electrons. The number of hydrogen-bond donors (Lipinski definition) is 2. The first-order valence-electron chi connectivity index (χ1n) is 5.74. The molecule has 0 aromatic carbocycles. The number of amides is 1. The summed E-state index contributed by atoms with van der Waals surface area (Å²) in [6.07, 6.45) is 3.30. The molecule has 6 heteroatoms. The van der Waals surface area contributed by atoms with E-state index in [0.717, 1.165) is 18.5 Å². The molecule has 0 spiro atoms. The summed E-state index contributed by atoms with van der Waals surface area (Å²) in [5.41, 5.74) is 0.959. The van der Waals surface area contributed by atoms with Crippen molar-refractivity contribution >= 4 is 22.4 Å². The number of thiazole rings is 1. The maximum atomic E-state index is 11.6. The van der Waals surface area contributed by atoms with Gasteiger partial charge in [-0.3, -0.25) is 4.79 Å². The Hall–Kier alpha value is -1.87. The largest absolute Gasteiger partial charge is 0.351 e. The predicted octanol–water partition coefficient (Wildman–Crippen LogP) is 2.19. The van der Waals surface area contributed by atoms with E-state index in [4.69, 9.17) is 5.26 Å². The van der Waals surface area contributed by atoms with Gasteiger partial charge < -0.3 is 10.6 Å². The van der Waals surface area contributed by atoms with E-state index in [0.29, 0.717) is 11.7 Å². The van der Waals surface area contributed by atoms with Crippen molar-refractivity contribution in [1.82, 2.24) is 10.3 Å². The molecule has 1 amide bonds. The first-order valence-corrected chi connectivity index (χ1v) is 6.62. The van der Waals surface area contributed by atoms with Gasteiger partial charge in [0.1, 0.15) is 11.6 Å². The molecule has 0 aliphatic heterocycles. The van der Waals surface area contributed by atoms with Crippen molar-refractivity contribution in [1.29, 1.82) is 5.26 Å². The van der Waals surface area contributed by atoms with Crippen molar-refractivity contribution < 1.29 is 4.79 Å². The molecule has 0 atom stereocenters. The highest BCUT2D eigenvalue weighted by Gasteiger charge is 2.07. The van der Waals surface area contributed by atoms with Crippen LogP contribution in [0.4, 0.5) is 5.13 Å². The minimum absolute atomic E-state index is 0.0546. The number of nitriles is 1. The summed E-state index contributed by atoms with van der Waals surface area (Å²) < 4.78 is 0. The van der Waals surface area contributed by atoms with E-state index >= 15 is 0 Å². The summed E-state index contributed by atoms with van der Waals surface area (Å²) in [6.45, 7) is 4.51. The van der Waals surface area contributed by atoms with E-state index in [1.165, 1.54) is 17.5 Å². The number of anilines is 1. The van der Waals surface area contributed by atoms with Gasteiger partial charge in [-0.2, -0.15) is 5.26 Å². The van der Waals surface area contributed by atoms with Crippen LogP contribution in [0.1, 0.15) is 25.5 Å². The number of hydrogen-bond acceptors (Lipinski definition) is 5. The molecular formula is C12H16N4OS. The fourth-order valence-corrected chi connectivity index (χ4v) is 1.84. The Morgan fingerprint density at radius 1 is 1.67 bits per heavy atom. The van der Waals surface area contributed by atoms with Crippen LogP contribution in [0, 0.1) is 18.3 Å². The monoisotopic (exact) mass is 264 g/mol. The Kier molecular flexibility index (Phi) is 5.88. The Labute approximate surface area is 111 Å². The molecule has 0 saturated heterocycles. The van der Waals surface area contributed by atoms with E-state index in [2.05, 4.69) is 15.6 Å². The zero-order valence-electron chi connectivity index (χ0n) is 10.5. The van der Waals surface area contributed by atoms with Gasteiger partial charge in [0.25, 0.3) is 5.91 Å². The molecular weight excluding hydrogens is 248 g/mol. The van der Waals surface area contributed by atoms with Crippen LogP contribution in [-0.2, 0) is 4.79 Å². The van der Waals surface area contributed by atoms with Gasteiger partial charge in [0.15, 0.2) is 5.13 Å². The van der Waals surface area contributed by atoms with Gasteiger partial charge in [0.05, 0.1) is 5.69 Å². The van der Waals surface area contributed by atoms with E-state index in [-0.39, 0.29) is 11.5 Å². The molecule has 1 aromatic rings. The Morgan fingerprint density at radius 3 is 3.00 bits per heavy atom. The second-order valence-corrected chi connectivity index (χ2v) is 4.58. The molecule has 0 unspecified atom stereocenters. The molecule has 0 aliphatic carbocycles. The number of nitrogens with one attached hydrogen (secondary N) is 2. The molecule has 0 fully saturated rings. The minimum atomic E-state index is -0.355. The molecule has 0 bridgehead atoms. The van der Waals surface area contributed by atoms with Crippen molar-refractivity contribution in [3.05, 3.63) is 22.8 Å². The Morgan fingerprint density at radius 2 is 2.44 bits per heavy atom. The number of rotatable bonds is 6. The molecule has 0 radical (unpaired) electrons. The molecule has 5 nitrogen and oxygen atoms in total. The average Bonchev–Trinajstić information content (AvgIpc) is 2.76. The lowest BCUT2D eigenvalue weighted by Crippen LogP contribution is -2.25. The number of aromatic nitrogens is 1. The Balaban J connectivity index is 2.54. The topological polar surface area (TPSA) is 77.8 Å². The zero-order valence-corrected chi connectivity index (χ0v) is 11.3. The van der Waals surface area contributed by atoms with E-state index in [1.807, 2.05) is 25.3 Å². The van der Waals surface area contributed by atoms with E-state index in [9.17, 15) is 4.79 Å². The van der Waals surface area contributed by atoms with Gasteiger partial charge in [-0.25, -0.2) is 4.98 Å². The van der Waals surface area contributed by atoms with Gasteiger partial charge >= 0.3 is 0 Å². The smallest absolute Gasteiger partial charge is 0.263 e. The summed E-state index contributed by atoms with van der Waals surface area (Å²) in [4.78, 5) is 15.8. The van der Waals surface area contributed by atoms with Crippen LogP contribution in [0.3, 0.4) is 0 Å². The average molecular weight is 264 g/mol. The summed E-state index contributed by atoms with van der Waals surface area (Å²) in [7, 11) is 0. The van der Waals surface area contributed by atoms with Gasteiger partial charge in [0.2, 0.25) is 0 Å². The third-order valence-corrected chi connectivity index (χ3v) is 3.03. The predicted molar refractivity (Wildman–Crippen MR) is 72.1 cm³/mol. The molecule has 1 heterocycles. The number of unbranched alkanes of at least 4 members (excludes halogenated alkanes) is 1. The second-order valence-electron chi connectivity index (χ2n) is 3.72. The van der Waals surface area contributed by atoms with Gasteiger partial charge in [-0.05, 0) is 13.3 Å². The quantitative estimate of drug-likeness (QED) is 0.469. The van der Waals surface area contributed by atoms with Crippen LogP contribution in [-0.4, -0.2) is 17.4 Å². The van der Waals surface area contributed by atoms with Crippen molar-refractivity contribution in [3.8, 4) is 6.07 Å². The lowest BCUT2D eigenvalue weighted by atomic mass is 10.3. The van der Waals surface area contributed by atoms with Crippen molar-refractivity contribution in [3.63, 3.8) is 0 Å². The SMILES string of the molecule is CCCCNC(=O)/C(C#N)=C\Nc1nc(C)cs1. The van der Waals surface area contributed by atoms with Gasteiger partial charge in [-0.15, -0.1) is 11.3 Å². The summed E-state index contributed by atoms with van der Waals surface area (Å²) in [5.74, 6) is -0.355. The normalized spacial score (nSPS) is 10.8. The van der Waals surface area contributed by atoms with Crippen LogP contribution in [0.15, 0.2) is 17.2 Å². The minimum Gasteiger partial charge on any atom is -0.351 e. The van der Waals surface area contributed by atoms with Crippen LogP contribution in [0.5, 0.6) is 0 Å². The highest BCUT2D eigenvalue weighted by molar-refractivity contribution is 7.13. The van der Waals surface area contributed by atoms with Crippen LogP contribution >= 0.6 is 11.3 Å². The summed E-state index contributed by atoms with van der Waals surface area (Å²) in [5, 5.41) is 17.0. The van der Waals surface area contributed by atoms with Crippen molar-refractivity contribution in [2.24, 2.45) is 0 Å². The molecule has 0 saturated carbocycles. The van der Waals surface area contributed by atoms with Gasteiger partial charge in [0, 0.05) is 18.1 Å². The fourth-order valence-electron chi connectivity index (χ4n) is 1.18. The highest BCUT2D eigenvalue weighted by Crippen LogP contribution is 2.14. The lowest BCUT2D eigenvalue weighted by molar-refractivity contribution is -0.117. The third kappa shape index (κ3) is 4.55. The fraction of sp³-hybridized carbons (Fsp3) is 0.417. The van der Waals surface area contributed by atoms with Crippen LogP contribution in [0.25, 0.3) is 0 Å². The van der Waals surface area contributed by atoms with Crippen molar-refractivity contribution in [2.75, 3.05) is 11.9 Å². The van der Waals surface area contributed by atoms with E-state index < -0.39 is 0 Å². The number of carbonyl (C=O) groups excluding carboxylic acids is 1. The first-order chi connectivity index (χ1) is 8.67. The maximum absolute atomic E-state index is 11.6. The standard InChI is InChI=1S/C12H16N4OS/c1-3-4-5-14-11(17)10(6-13)7-15-12-16-9(2)8-18-12/h7-8H,3-5H2,1-2H3,(H,14,17)(H,15,16)/b10-7-. The summed E-state index contributed by atoms with van der Waals surface area (Å²) >= 11 is 1.43. The first kappa shape index (κ1) is 14.2. The van der Waals surface area contributed by atoms with E-state index in [1.54, 1.807) is 0 Å². The molecule has 1 aromatic heterocycles. The Bertz CT molecular complexity index is 473. The zero-order chi connectivity index (χ0) is 13.4. The number of nitrogens with zero attached hydrogens (tertiary/aromatic N) is 2. The van der Waals surface area contributed by atoms with Gasteiger partial charge in [-0.1, -0.05) is 13.3 Å². The molecule has 0 aliphatic rings. The highest BCUT2D eigenvalue weighted by atomic mass is 32.1. The number of aryl methyl sites for hydroxylation is 1. The van der Waals surface area contributed by atoms with Crippen LogP contribution in [0.2, 0.25) is 0 Å². The molecule has 1 rings (SSSR count). The number of carbonyl (C=O) groups is 1. The third-order valence-electron chi connectivity index (χ3n) is 2.14. The molecule has 2 N–H and O–H groups in total. The maximum Gasteiger partial charge on any atom is 0.263 e. The van der Waals surface area contributed by atoms with Crippen LogP contribution < -0.4 is 10.6 Å². The van der Waals surface area contributed by atoms with Crippen molar-refractivity contribution in [2.45, 2.75) is 26.7 Å². The molecule has 18 heavy (non-hydrogen) atoms. The second kappa shape index (κ2) is 7.45. The lowest BCUT2D eigenvalue weighted by Gasteiger charge is -2.02. The summed E-state index contributed by atoms with van der Waals surface area (Å²) in [6, 6.07) is 1.87.